The highest BCUT2D eigenvalue weighted by Crippen LogP contribution is 2.09. The Morgan fingerprint density at radius 1 is 1.12 bits per heavy atom. The summed E-state index contributed by atoms with van der Waals surface area (Å²) in [6.07, 6.45) is 2.59. The minimum absolute atomic E-state index is 0.0754. The topological polar surface area (TPSA) is 88.0 Å². The number of anilines is 1. The predicted octanol–water partition coefficient (Wildman–Crippen LogP) is 2.30. The highest BCUT2D eigenvalue weighted by atomic mass is 16.2. The number of hydrogen-bond donors (Lipinski definition) is 3. The molecule has 0 aliphatic carbocycles. The Bertz CT molecular complexity index is 683. The summed E-state index contributed by atoms with van der Waals surface area (Å²) in [5, 5.41) is 12.3. The fourth-order valence-electron chi connectivity index (χ4n) is 2.00. The third-order valence-corrected chi connectivity index (χ3v) is 3.59. The van der Waals surface area contributed by atoms with Crippen LogP contribution < -0.4 is 16.0 Å². The molecule has 2 rings (SSSR count). The highest BCUT2D eigenvalue weighted by Gasteiger charge is 2.17. The number of hydrogen-bond acceptors (Lipinski definition) is 3. The second kappa shape index (κ2) is 8.14. The zero-order chi connectivity index (χ0) is 17.5. The number of para-hydroxylation sites is 1. The molecule has 0 saturated heterocycles. The van der Waals surface area contributed by atoms with E-state index in [1.807, 2.05) is 44.2 Å². The standard InChI is InChI=1S/C17H23N5O2/c1-4-12(2)18-16(23)13(3)19-17(24)20-15-10-11-22(21-15)14-8-6-5-7-9-14/h5-13H,4H2,1-3H3,(H,18,23)(H2,19,20,21,24)/t12-,13-/m0/s1. The number of nitrogens with zero attached hydrogens (tertiary/aromatic N) is 2. The van der Waals surface area contributed by atoms with Crippen LogP contribution in [0, 0.1) is 0 Å². The van der Waals surface area contributed by atoms with E-state index in [0.29, 0.717) is 5.82 Å². The molecule has 1 aromatic heterocycles. The summed E-state index contributed by atoms with van der Waals surface area (Å²) >= 11 is 0. The molecular weight excluding hydrogens is 306 g/mol. The van der Waals surface area contributed by atoms with E-state index in [9.17, 15) is 9.59 Å². The molecule has 1 aromatic carbocycles. The number of urea groups is 1. The first kappa shape index (κ1) is 17.5. The molecule has 0 aliphatic rings. The van der Waals surface area contributed by atoms with E-state index in [1.54, 1.807) is 23.9 Å². The summed E-state index contributed by atoms with van der Waals surface area (Å²) < 4.78 is 1.66. The molecule has 24 heavy (non-hydrogen) atoms. The van der Waals surface area contributed by atoms with Gasteiger partial charge in [-0.05, 0) is 32.4 Å². The van der Waals surface area contributed by atoms with Gasteiger partial charge in [-0.15, -0.1) is 5.10 Å². The SMILES string of the molecule is CC[C@H](C)NC(=O)[C@H](C)NC(=O)Nc1ccn(-c2ccccc2)n1. The lowest BCUT2D eigenvalue weighted by molar-refractivity contribution is -0.123. The van der Waals surface area contributed by atoms with Crippen molar-refractivity contribution in [2.45, 2.75) is 39.3 Å². The molecule has 3 N–H and O–H groups in total. The van der Waals surface area contributed by atoms with Gasteiger partial charge in [0.05, 0.1) is 5.69 Å². The summed E-state index contributed by atoms with van der Waals surface area (Å²) in [5.74, 6) is 0.195. The summed E-state index contributed by atoms with van der Waals surface area (Å²) in [6.45, 7) is 5.54. The second-order valence-corrected chi connectivity index (χ2v) is 5.62. The fraction of sp³-hybridized carbons (Fsp3) is 0.353. The van der Waals surface area contributed by atoms with Gasteiger partial charge in [0.1, 0.15) is 6.04 Å². The lowest BCUT2D eigenvalue weighted by Crippen LogP contribution is -2.48. The summed E-state index contributed by atoms with van der Waals surface area (Å²) in [5.41, 5.74) is 0.896. The van der Waals surface area contributed by atoms with E-state index in [4.69, 9.17) is 0 Å². The zero-order valence-electron chi connectivity index (χ0n) is 14.1. The Morgan fingerprint density at radius 3 is 2.50 bits per heavy atom. The molecule has 2 aromatic rings. The van der Waals surface area contributed by atoms with Crippen molar-refractivity contribution in [3.05, 3.63) is 42.6 Å². The molecule has 7 nitrogen and oxygen atoms in total. The van der Waals surface area contributed by atoms with E-state index < -0.39 is 12.1 Å². The first-order valence-electron chi connectivity index (χ1n) is 7.98. The van der Waals surface area contributed by atoms with E-state index in [2.05, 4.69) is 21.0 Å². The van der Waals surface area contributed by atoms with E-state index in [-0.39, 0.29) is 11.9 Å². The van der Waals surface area contributed by atoms with Crippen molar-refractivity contribution < 1.29 is 9.59 Å². The van der Waals surface area contributed by atoms with Gasteiger partial charge in [-0.2, -0.15) is 0 Å². The molecule has 1 heterocycles. The highest BCUT2D eigenvalue weighted by molar-refractivity contribution is 5.92. The Kier molecular flexibility index (Phi) is 5.95. The minimum Gasteiger partial charge on any atom is -0.352 e. The van der Waals surface area contributed by atoms with Crippen molar-refractivity contribution in [2.75, 3.05) is 5.32 Å². The van der Waals surface area contributed by atoms with Crippen molar-refractivity contribution in [1.29, 1.82) is 0 Å². The van der Waals surface area contributed by atoms with Gasteiger partial charge in [0.2, 0.25) is 5.91 Å². The van der Waals surface area contributed by atoms with Crippen LogP contribution in [0.2, 0.25) is 0 Å². The first-order chi connectivity index (χ1) is 11.5. The zero-order valence-corrected chi connectivity index (χ0v) is 14.1. The van der Waals surface area contributed by atoms with Gasteiger partial charge in [-0.3, -0.25) is 10.1 Å². The number of carbonyl (C=O) groups excluding carboxylic acids is 2. The van der Waals surface area contributed by atoms with E-state index in [1.165, 1.54) is 0 Å². The molecule has 128 valence electrons. The molecule has 0 fully saturated rings. The molecule has 0 unspecified atom stereocenters. The van der Waals surface area contributed by atoms with Crippen LogP contribution in [0.4, 0.5) is 10.6 Å². The van der Waals surface area contributed by atoms with Gasteiger partial charge in [0.25, 0.3) is 0 Å². The normalized spacial score (nSPS) is 13.0. The monoisotopic (exact) mass is 329 g/mol. The van der Waals surface area contributed by atoms with Gasteiger partial charge in [-0.1, -0.05) is 25.1 Å². The van der Waals surface area contributed by atoms with E-state index >= 15 is 0 Å². The van der Waals surface area contributed by atoms with Gasteiger partial charge in [0, 0.05) is 18.3 Å². The predicted molar refractivity (Wildman–Crippen MR) is 93.1 cm³/mol. The number of rotatable bonds is 6. The van der Waals surface area contributed by atoms with Crippen LogP contribution in [0.15, 0.2) is 42.6 Å². The Morgan fingerprint density at radius 2 is 1.83 bits per heavy atom. The van der Waals surface area contributed by atoms with Gasteiger partial charge in [-0.25, -0.2) is 9.48 Å². The van der Waals surface area contributed by atoms with Crippen molar-refractivity contribution in [3.8, 4) is 5.69 Å². The average Bonchev–Trinajstić information content (AvgIpc) is 3.03. The molecular formula is C17H23N5O2. The summed E-state index contributed by atoms with van der Waals surface area (Å²) in [7, 11) is 0. The van der Waals surface area contributed by atoms with Crippen molar-refractivity contribution in [3.63, 3.8) is 0 Å². The fourth-order valence-corrected chi connectivity index (χ4v) is 2.00. The molecule has 2 atom stereocenters. The average molecular weight is 329 g/mol. The number of nitrogens with one attached hydrogen (secondary N) is 3. The van der Waals surface area contributed by atoms with Gasteiger partial charge >= 0.3 is 6.03 Å². The van der Waals surface area contributed by atoms with Gasteiger partial charge in [0.15, 0.2) is 5.82 Å². The third-order valence-electron chi connectivity index (χ3n) is 3.59. The maximum absolute atomic E-state index is 12.0. The minimum atomic E-state index is -0.629. The Labute approximate surface area is 141 Å². The van der Waals surface area contributed by atoms with Crippen LogP contribution >= 0.6 is 0 Å². The van der Waals surface area contributed by atoms with Crippen LogP contribution in [-0.4, -0.2) is 33.8 Å². The molecule has 0 spiro atoms. The third kappa shape index (κ3) is 4.84. The smallest absolute Gasteiger partial charge is 0.321 e. The number of amides is 3. The van der Waals surface area contributed by atoms with Gasteiger partial charge < -0.3 is 10.6 Å². The maximum Gasteiger partial charge on any atom is 0.321 e. The molecule has 0 radical (unpaired) electrons. The molecule has 0 saturated carbocycles. The van der Waals surface area contributed by atoms with Crippen molar-refractivity contribution in [1.82, 2.24) is 20.4 Å². The Hall–Kier alpha value is -2.83. The second-order valence-electron chi connectivity index (χ2n) is 5.62. The van der Waals surface area contributed by atoms with Crippen molar-refractivity contribution >= 4 is 17.8 Å². The van der Waals surface area contributed by atoms with Crippen LogP contribution in [0.3, 0.4) is 0 Å². The largest absolute Gasteiger partial charge is 0.352 e. The number of carbonyl (C=O) groups is 2. The van der Waals surface area contributed by atoms with Crippen LogP contribution in [0.5, 0.6) is 0 Å². The maximum atomic E-state index is 12.0. The Balaban J connectivity index is 1.89. The summed E-state index contributed by atoms with van der Waals surface area (Å²) in [4.78, 5) is 23.9. The molecule has 7 heteroatoms. The first-order valence-corrected chi connectivity index (χ1v) is 7.98. The lowest BCUT2D eigenvalue weighted by atomic mass is 10.2. The van der Waals surface area contributed by atoms with Crippen LogP contribution in [-0.2, 0) is 4.79 Å². The quantitative estimate of drug-likeness (QED) is 0.760. The molecule has 0 aliphatic heterocycles. The van der Waals surface area contributed by atoms with E-state index in [0.717, 1.165) is 12.1 Å². The van der Waals surface area contributed by atoms with Crippen molar-refractivity contribution in [2.24, 2.45) is 0 Å². The summed E-state index contributed by atoms with van der Waals surface area (Å²) in [6, 6.07) is 10.2. The van der Waals surface area contributed by atoms with Crippen LogP contribution in [0.25, 0.3) is 5.69 Å². The molecule has 0 bridgehead atoms. The lowest BCUT2D eigenvalue weighted by Gasteiger charge is -2.17. The van der Waals surface area contributed by atoms with Crippen LogP contribution in [0.1, 0.15) is 27.2 Å². The number of aromatic nitrogens is 2. The number of benzene rings is 1. The molecule has 3 amide bonds.